The number of hydrogen-bond acceptors (Lipinski definition) is 5. The van der Waals surface area contributed by atoms with Crippen molar-refractivity contribution in [2.24, 2.45) is 0 Å². The lowest BCUT2D eigenvalue weighted by atomic mass is 10.2. The van der Waals surface area contributed by atoms with Gasteiger partial charge in [0.15, 0.2) is 0 Å². The molecule has 1 aromatic carbocycles. The first-order valence-electron chi connectivity index (χ1n) is 6.83. The van der Waals surface area contributed by atoms with Crippen LogP contribution in [-0.4, -0.2) is 34.8 Å². The number of carbonyl (C=O) groups excluding carboxylic acids is 1. The van der Waals surface area contributed by atoms with Gasteiger partial charge in [0.1, 0.15) is 0 Å². The summed E-state index contributed by atoms with van der Waals surface area (Å²) in [5.41, 5.74) is 0.00864. The summed E-state index contributed by atoms with van der Waals surface area (Å²) >= 11 is 0. The summed E-state index contributed by atoms with van der Waals surface area (Å²) < 4.78 is 6.21. The Morgan fingerprint density at radius 1 is 1.48 bits per heavy atom. The van der Waals surface area contributed by atoms with Gasteiger partial charge in [0.25, 0.3) is 11.5 Å². The summed E-state index contributed by atoms with van der Waals surface area (Å²) in [6, 6.07) is 6.78. The smallest absolute Gasteiger partial charge is 0.289 e. The van der Waals surface area contributed by atoms with Crippen LogP contribution in [0.4, 0.5) is 0 Å². The van der Waals surface area contributed by atoms with Crippen LogP contribution >= 0.6 is 0 Å². The van der Waals surface area contributed by atoms with Crippen molar-refractivity contribution in [3.8, 4) is 0 Å². The van der Waals surface area contributed by atoms with Crippen LogP contribution in [0.5, 0.6) is 0 Å². The van der Waals surface area contributed by atoms with E-state index in [1.807, 2.05) is 0 Å². The molecule has 110 valence electrons. The molecule has 0 radical (unpaired) electrons. The van der Waals surface area contributed by atoms with Crippen LogP contribution in [0.25, 0.3) is 10.9 Å². The fourth-order valence-corrected chi connectivity index (χ4v) is 2.40. The van der Waals surface area contributed by atoms with Gasteiger partial charge in [-0.3, -0.25) is 9.59 Å². The zero-order chi connectivity index (χ0) is 14.8. The molecule has 0 bridgehead atoms. The van der Waals surface area contributed by atoms with E-state index >= 15 is 0 Å². The van der Waals surface area contributed by atoms with Crippen molar-refractivity contribution in [3.63, 3.8) is 0 Å². The minimum atomic E-state index is -0.476. The van der Waals surface area contributed by atoms with Crippen molar-refractivity contribution < 1.29 is 9.53 Å². The molecule has 3 N–H and O–H groups in total. The number of nitrogens with one attached hydrogen (secondary N) is 1. The third kappa shape index (κ3) is 2.59. The number of nitrogens with zero attached hydrogens (tertiary/aromatic N) is 2. The van der Waals surface area contributed by atoms with Crippen LogP contribution in [0.1, 0.15) is 23.5 Å². The predicted molar refractivity (Wildman–Crippen MR) is 77.5 cm³/mol. The summed E-state index contributed by atoms with van der Waals surface area (Å²) in [5.74, 6) is 5.11. The summed E-state index contributed by atoms with van der Waals surface area (Å²) in [5, 5.41) is 3.09. The second kappa shape index (κ2) is 5.53. The SMILES string of the molecule is Nn1c(C(=O)NC[C@@H]2CCCO2)nc2ccccc2c1=O. The van der Waals surface area contributed by atoms with E-state index in [0.717, 1.165) is 24.1 Å². The Bertz CT molecular complexity index is 735. The highest BCUT2D eigenvalue weighted by Crippen LogP contribution is 2.11. The Hall–Kier alpha value is -2.41. The number of nitrogen functional groups attached to an aromatic ring is 1. The number of aromatic nitrogens is 2. The van der Waals surface area contributed by atoms with Gasteiger partial charge in [-0.05, 0) is 25.0 Å². The lowest BCUT2D eigenvalue weighted by molar-refractivity contribution is 0.0846. The monoisotopic (exact) mass is 288 g/mol. The van der Waals surface area contributed by atoms with E-state index in [2.05, 4.69) is 10.3 Å². The maximum atomic E-state index is 12.1. The first-order chi connectivity index (χ1) is 10.2. The molecule has 0 unspecified atom stereocenters. The summed E-state index contributed by atoms with van der Waals surface area (Å²) in [6.07, 6.45) is 1.93. The van der Waals surface area contributed by atoms with E-state index in [-0.39, 0.29) is 11.9 Å². The number of hydrogen-bond donors (Lipinski definition) is 2. The molecule has 1 aromatic heterocycles. The van der Waals surface area contributed by atoms with Gasteiger partial charge < -0.3 is 15.9 Å². The van der Waals surface area contributed by atoms with Gasteiger partial charge in [-0.15, -0.1) is 0 Å². The maximum absolute atomic E-state index is 12.1. The fraction of sp³-hybridized carbons (Fsp3) is 0.357. The Morgan fingerprint density at radius 3 is 3.05 bits per heavy atom. The Kier molecular flexibility index (Phi) is 3.57. The van der Waals surface area contributed by atoms with Crippen molar-refractivity contribution in [2.75, 3.05) is 19.0 Å². The van der Waals surface area contributed by atoms with Gasteiger partial charge >= 0.3 is 0 Å². The highest BCUT2D eigenvalue weighted by atomic mass is 16.5. The van der Waals surface area contributed by atoms with Gasteiger partial charge in [-0.2, -0.15) is 0 Å². The molecule has 2 heterocycles. The lowest BCUT2D eigenvalue weighted by Gasteiger charge is -2.12. The van der Waals surface area contributed by atoms with Crippen LogP contribution in [0.3, 0.4) is 0 Å². The molecule has 7 nitrogen and oxygen atoms in total. The summed E-state index contributed by atoms with van der Waals surface area (Å²) in [4.78, 5) is 28.4. The van der Waals surface area contributed by atoms with Gasteiger partial charge in [-0.25, -0.2) is 9.66 Å². The minimum Gasteiger partial charge on any atom is -0.376 e. The molecule has 0 saturated carbocycles. The number of carbonyl (C=O) groups is 1. The Morgan fingerprint density at radius 2 is 2.29 bits per heavy atom. The third-order valence-corrected chi connectivity index (χ3v) is 3.53. The second-order valence-corrected chi connectivity index (χ2v) is 4.97. The standard InChI is InChI=1S/C14H16N4O3/c15-18-12(13(19)16-8-9-4-3-7-21-9)17-11-6-2-1-5-10(11)14(18)20/h1-2,5-6,9H,3-4,7-8,15H2,(H,16,19)/t9-/m0/s1. The second-order valence-electron chi connectivity index (χ2n) is 4.97. The van der Waals surface area contributed by atoms with E-state index in [1.54, 1.807) is 24.3 Å². The summed E-state index contributed by atoms with van der Waals surface area (Å²) in [6.45, 7) is 1.11. The maximum Gasteiger partial charge on any atom is 0.289 e. The molecule has 2 aromatic rings. The zero-order valence-corrected chi connectivity index (χ0v) is 11.4. The van der Waals surface area contributed by atoms with E-state index in [0.29, 0.717) is 17.4 Å². The van der Waals surface area contributed by atoms with Crippen LogP contribution in [-0.2, 0) is 4.74 Å². The van der Waals surface area contributed by atoms with E-state index in [9.17, 15) is 9.59 Å². The molecule has 7 heteroatoms. The third-order valence-electron chi connectivity index (χ3n) is 3.53. The van der Waals surface area contributed by atoms with Crippen molar-refractivity contribution >= 4 is 16.8 Å². The van der Waals surface area contributed by atoms with E-state index < -0.39 is 11.5 Å². The topological polar surface area (TPSA) is 99.2 Å². The molecule has 21 heavy (non-hydrogen) atoms. The normalized spacial score (nSPS) is 18.0. The number of fused-ring (bicyclic) bond motifs is 1. The zero-order valence-electron chi connectivity index (χ0n) is 11.4. The van der Waals surface area contributed by atoms with Crippen molar-refractivity contribution in [2.45, 2.75) is 18.9 Å². The quantitative estimate of drug-likeness (QED) is 0.776. The number of nitrogens with two attached hydrogens (primary N) is 1. The number of rotatable bonds is 3. The molecule has 3 rings (SSSR count). The van der Waals surface area contributed by atoms with E-state index in [1.165, 1.54) is 0 Å². The van der Waals surface area contributed by atoms with Gasteiger partial charge in [-0.1, -0.05) is 12.1 Å². The highest BCUT2D eigenvalue weighted by molar-refractivity contribution is 5.93. The number of ether oxygens (including phenoxy) is 1. The highest BCUT2D eigenvalue weighted by Gasteiger charge is 2.19. The predicted octanol–water partition coefficient (Wildman–Crippen LogP) is 0.0191. The first kappa shape index (κ1) is 13.6. The average Bonchev–Trinajstić information content (AvgIpc) is 3.02. The van der Waals surface area contributed by atoms with Crippen LogP contribution in [0, 0.1) is 0 Å². The summed E-state index contributed by atoms with van der Waals surface area (Å²) in [7, 11) is 0. The molecule has 1 atom stereocenters. The van der Waals surface area contributed by atoms with Crippen LogP contribution in [0.15, 0.2) is 29.1 Å². The number of amides is 1. The molecular weight excluding hydrogens is 272 g/mol. The molecular formula is C14H16N4O3. The van der Waals surface area contributed by atoms with Crippen LogP contribution < -0.4 is 16.7 Å². The number of benzene rings is 1. The van der Waals surface area contributed by atoms with E-state index in [4.69, 9.17) is 10.6 Å². The molecule has 1 aliphatic heterocycles. The fourth-order valence-electron chi connectivity index (χ4n) is 2.40. The molecule has 1 fully saturated rings. The van der Waals surface area contributed by atoms with Gasteiger partial charge in [0, 0.05) is 13.2 Å². The van der Waals surface area contributed by atoms with Crippen LogP contribution in [0.2, 0.25) is 0 Å². The van der Waals surface area contributed by atoms with Crippen molar-refractivity contribution in [1.29, 1.82) is 0 Å². The lowest BCUT2D eigenvalue weighted by Crippen LogP contribution is -2.40. The minimum absolute atomic E-state index is 0.0207. The molecule has 0 aliphatic carbocycles. The molecule has 1 amide bonds. The molecule has 0 spiro atoms. The molecule has 1 saturated heterocycles. The van der Waals surface area contributed by atoms with Gasteiger partial charge in [0.05, 0.1) is 17.0 Å². The largest absolute Gasteiger partial charge is 0.376 e. The molecule has 1 aliphatic rings. The number of para-hydroxylation sites is 1. The Labute approximate surface area is 120 Å². The van der Waals surface area contributed by atoms with Crippen molar-refractivity contribution in [3.05, 3.63) is 40.4 Å². The average molecular weight is 288 g/mol. The first-order valence-corrected chi connectivity index (χ1v) is 6.83. The van der Waals surface area contributed by atoms with Crippen molar-refractivity contribution in [1.82, 2.24) is 15.0 Å². The van der Waals surface area contributed by atoms with Gasteiger partial charge in [0.2, 0.25) is 5.82 Å². The Balaban J connectivity index is 1.87.